The highest BCUT2D eigenvalue weighted by atomic mass is 16.5. The molecule has 0 saturated carbocycles. The van der Waals surface area contributed by atoms with Crippen molar-refractivity contribution in [3.63, 3.8) is 0 Å². The van der Waals surface area contributed by atoms with E-state index in [0.29, 0.717) is 6.42 Å². The van der Waals surface area contributed by atoms with Crippen LogP contribution in [0.3, 0.4) is 0 Å². The molecule has 0 amide bonds. The van der Waals surface area contributed by atoms with E-state index in [1.54, 1.807) is 0 Å². The van der Waals surface area contributed by atoms with Crippen LogP contribution in [0.4, 0.5) is 0 Å². The Morgan fingerprint density at radius 3 is 1.43 bits per heavy atom. The first-order chi connectivity index (χ1) is 24.1. The average molecular weight is 694 g/mol. The lowest BCUT2D eigenvalue weighted by molar-refractivity contribution is -0.150. The minimum absolute atomic E-state index is 0.00123. The molecule has 49 heavy (non-hydrogen) atoms. The molecule has 0 unspecified atom stereocenters. The number of rotatable bonds is 41. The smallest absolute Gasteiger partial charge is 0.306 e. The highest BCUT2D eigenvalue weighted by Gasteiger charge is 2.15. The minimum atomic E-state index is 0.00123. The molecule has 0 bridgehead atoms. The van der Waals surface area contributed by atoms with Gasteiger partial charge in [-0.3, -0.25) is 4.79 Å². The molecule has 5 nitrogen and oxygen atoms in total. The Morgan fingerprint density at radius 1 is 0.531 bits per heavy atom. The highest BCUT2D eigenvalue weighted by molar-refractivity contribution is 5.69. The van der Waals surface area contributed by atoms with E-state index in [1.165, 1.54) is 161 Å². The standard InChI is InChI=1S/C44H87NO4/c1-5-8-11-13-24-28-34-43(35-29-25-14-12-9-6-2)49-44(47)36-30-32-38-45(39-40-46)37-31-26-22-20-18-16-15-17-19-21-23-27-33-42(4)48-41-10-7-3/h43,46H,4-41H2,1-3H3. The molecule has 0 aromatic carbocycles. The second-order valence-electron chi connectivity index (χ2n) is 15.0. The van der Waals surface area contributed by atoms with Gasteiger partial charge in [0, 0.05) is 19.4 Å². The fourth-order valence-electron chi connectivity index (χ4n) is 6.75. The van der Waals surface area contributed by atoms with Gasteiger partial charge < -0.3 is 19.5 Å². The van der Waals surface area contributed by atoms with Gasteiger partial charge in [0.25, 0.3) is 0 Å². The van der Waals surface area contributed by atoms with E-state index in [-0.39, 0.29) is 18.7 Å². The van der Waals surface area contributed by atoms with E-state index >= 15 is 0 Å². The van der Waals surface area contributed by atoms with Crippen LogP contribution in [0.15, 0.2) is 12.3 Å². The SMILES string of the molecule is C=C(CCCCCCCCCCCCCCN(CCO)CCCCC(=O)OC(CCCCCCCC)CCCCCCCC)OCCCC. The highest BCUT2D eigenvalue weighted by Crippen LogP contribution is 2.19. The third-order valence-corrected chi connectivity index (χ3v) is 10.1. The van der Waals surface area contributed by atoms with Crippen molar-refractivity contribution in [1.82, 2.24) is 4.90 Å². The van der Waals surface area contributed by atoms with Gasteiger partial charge in [0.15, 0.2) is 0 Å². The summed E-state index contributed by atoms with van der Waals surface area (Å²) in [7, 11) is 0. The number of unbranched alkanes of at least 4 members (excludes halogenated alkanes) is 23. The maximum Gasteiger partial charge on any atom is 0.306 e. The van der Waals surface area contributed by atoms with E-state index in [0.717, 1.165) is 70.5 Å². The Balaban J connectivity index is 3.94. The van der Waals surface area contributed by atoms with Crippen LogP contribution in [-0.2, 0) is 14.3 Å². The number of aliphatic hydroxyl groups excluding tert-OH is 1. The molecule has 0 aliphatic rings. The molecular formula is C44H87NO4. The number of hydrogen-bond acceptors (Lipinski definition) is 5. The van der Waals surface area contributed by atoms with Crippen LogP contribution in [-0.4, -0.2) is 54.9 Å². The fourth-order valence-corrected chi connectivity index (χ4v) is 6.75. The summed E-state index contributed by atoms with van der Waals surface area (Å²) in [5.74, 6) is 0.977. The maximum absolute atomic E-state index is 12.8. The Labute approximate surface area is 307 Å². The zero-order chi connectivity index (χ0) is 35.9. The van der Waals surface area contributed by atoms with Gasteiger partial charge in [-0.1, -0.05) is 162 Å². The molecule has 0 atom stereocenters. The third-order valence-electron chi connectivity index (χ3n) is 10.1. The second-order valence-corrected chi connectivity index (χ2v) is 15.0. The van der Waals surface area contributed by atoms with E-state index in [4.69, 9.17) is 9.47 Å². The van der Waals surface area contributed by atoms with Crippen LogP contribution in [0.25, 0.3) is 0 Å². The topological polar surface area (TPSA) is 59.0 Å². The quantitative estimate of drug-likeness (QED) is 0.0392. The van der Waals surface area contributed by atoms with Gasteiger partial charge in [-0.15, -0.1) is 0 Å². The number of hydrogen-bond donors (Lipinski definition) is 1. The fraction of sp³-hybridized carbons (Fsp3) is 0.932. The van der Waals surface area contributed by atoms with Gasteiger partial charge in [0.2, 0.25) is 0 Å². The third kappa shape index (κ3) is 36.5. The molecule has 0 aliphatic heterocycles. The lowest BCUT2D eigenvalue weighted by atomic mass is 10.0. The van der Waals surface area contributed by atoms with Gasteiger partial charge in [0.05, 0.1) is 19.0 Å². The molecule has 292 valence electrons. The van der Waals surface area contributed by atoms with Crippen molar-refractivity contribution in [3.8, 4) is 0 Å². The number of carbonyl (C=O) groups excluding carboxylic acids is 1. The lowest BCUT2D eigenvalue weighted by Gasteiger charge is -2.21. The number of aliphatic hydroxyl groups is 1. The molecule has 0 spiro atoms. The number of allylic oxidation sites excluding steroid dienone is 1. The molecule has 0 aromatic rings. The van der Waals surface area contributed by atoms with E-state index < -0.39 is 0 Å². The Bertz CT molecular complexity index is 668. The van der Waals surface area contributed by atoms with E-state index in [1.807, 2.05) is 0 Å². The molecule has 0 heterocycles. The summed E-state index contributed by atoms with van der Waals surface area (Å²) < 4.78 is 11.7. The van der Waals surface area contributed by atoms with Crippen molar-refractivity contribution >= 4 is 5.97 Å². The molecule has 0 fully saturated rings. The Morgan fingerprint density at radius 2 is 0.939 bits per heavy atom. The predicted octanol–water partition coefficient (Wildman–Crippen LogP) is 13.3. The normalized spacial score (nSPS) is 11.6. The van der Waals surface area contributed by atoms with Crippen molar-refractivity contribution in [2.45, 2.75) is 232 Å². The van der Waals surface area contributed by atoms with Gasteiger partial charge >= 0.3 is 5.97 Å². The van der Waals surface area contributed by atoms with E-state index in [9.17, 15) is 9.90 Å². The van der Waals surface area contributed by atoms with E-state index in [2.05, 4.69) is 32.3 Å². The van der Waals surface area contributed by atoms with Crippen molar-refractivity contribution < 1.29 is 19.4 Å². The number of nitrogens with zero attached hydrogens (tertiary/aromatic N) is 1. The van der Waals surface area contributed by atoms with Crippen molar-refractivity contribution in [2.75, 3.05) is 32.8 Å². The number of ether oxygens (including phenoxy) is 2. The summed E-state index contributed by atoms with van der Waals surface area (Å²) in [5.41, 5.74) is 0. The van der Waals surface area contributed by atoms with Crippen LogP contribution in [0.5, 0.6) is 0 Å². The van der Waals surface area contributed by atoms with Crippen LogP contribution in [0.2, 0.25) is 0 Å². The molecule has 0 radical (unpaired) electrons. The summed E-state index contributed by atoms with van der Waals surface area (Å²) in [6.07, 6.45) is 39.2. The number of carbonyl (C=O) groups is 1. The molecule has 1 N–H and O–H groups in total. The Kier molecular flexibility index (Phi) is 38.8. The summed E-state index contributed by atoms with van der Waals surface area (Å²) >= 11 is 0. The van der Waals surface area contributed by atoms with Crippen LogP contribution in [0, 0.1) is 0 Å². The van der Waals surface area contributed by atoms with Crippen LogP contribution in [0.1, 0.15) is 226 Å². The van der Waals surface area contributed by atoms with Gasteiger partial charge in [-0.25, -0.2) is 0 Å². The van der Waals surface area contributed by atoms with Gasteiger partial charge in [-0.2, -0.15) is 0 Å². The number of esters is 1. The summed E-state index contributed by atoms with van der Waals surface area (Å²) in [6.45, 7) is 14.6. The monoisotopic (exact) mass is 694 g/mol. The largest absolute Gasteiger partial charge is 0.499 e. The molecule has 0 rings (SSSR count). The zero-order valence-corrected chi connectivity index (χ0v) is 33.6. The molecule has 0 saturated heterocycles. The first-order valence-corrected chi connectivity index (χ1v) is 21.9. The van der Waals surface area contributed by atoms with Crippen molar-refractivity contribution in [3.05, 3.63) is 12.3 Å². The first-order valence-electron chi connectivity index (χ1n) is 21.9. The average Bonchev–Trinajstić information content (AvgIpc) is 3.09. The molecule has 5 heteroatoms. The molecule has 0 aromatic heterocycles. The molecule has 0 aliphatic carbocycles. The van der Waals surface area contributed by atoms with Crippen LogP contribution >= 0.6 is 0 Å². The maximum atomic E-state index is 12.8. The summed E-state index contributed by atoms with van der Waals surface area (Å²) in [4.78, 5) is 15.1. The second kappa shape index (κ2) is 39.7. The zero-order valence-electron chi connectivity index (χ0n) is 33.6. The minimum Gasteiger partial charge on any atom is -0.499 e. The Hall–Kier alpha value is -1.07. The van der Waals surface area contributed by atoms with Crippen molar-refractivity contribution in [1.29, 1.82) is 0 Å². The lowest BCUT2D eigenvalue weighted by Crippen LogP contribution is -2.29. The van der Waals surface area contributed by atoms with Gasteiger partial charge in [0.1, 0.15) is 6.10 Å². The predicted molar refractivity (Wildman–Crippen MR) is 213 cm³/mol. The van der Waals surface area contributed by atoms with Crippen molar-refractivity contribution in [2.24, 2.45) is 0 Å². The first kappa shape index (κ1) is 47.9. The molecular weight excluding hydrogens is 606 g/mol. The van der Waals surface area contributed by atoms with Crippen LogP contribution < -0.4 is 0 Å². The summed E-state index contributed by atoms with van der Waals surface area (Å²) in [6, 6.07) is 0. The van der Waals surface area contributed by atoms with Gasteiger partial charge in [-0.05, 0) is 70.9 Å². The summed E-state index contributed by atoms with van der Waals surface area (Å²) in [5, 5.41) is 9.58.